The highest BCUT2D eigenvalue weighted by Crippen LogP contribution is 2.39. The Morgan fingerprint density at radius 1 is 0.885 bits per heavy atom. The number of carboxylic acids is 1. The molecule has 2 saturated heterocycles. The molecule has 280 valence electrons. The maximum absolute atomic E-state index is 13.1. The molecule has 3 aromatic carbocycles. The summed E-state index contributed by atoms with van der Waals surface area (Å²) in [4.78, 5) is 38.5. The summed E-state index contributed by atoms with van der Waals surface area (Å²) in [5.41, 5.74) is 5.21. The molecule has 4 atom stereocenters. The predicted octanol–water partition coefficient (Wildman–Crippen LogP) is 7.24. The number of unbranched alkanes of at least 4 members (excludes halogenated alkanes) is 3. The van der Waals surface area contributed by atoms with Crippen molar-refractivity contribution in [2.45, 2.75) is 122 Å². The third kappa shape index (κ3) is 11.5. The maximum Gasteiger partial charge on any atom is 0.323 e. The number of rotatable bonds is 16. The van der Waals surface area contributed by atoms with Gasteiger partial charge in [0.15, 0.2) is 6.29 Å². The molecular weight excluding hydrogens is 660 g/mol. The van der Waals surface area contributed by atoms with Gasteiger partial charge in [-0.15, -0.1) is 0 Å². The van der Waals surface area contributed by atoms with Crippen LogP contribution in [-0.4, -0.2) is 63.8 Å². The summed E-state index contributed by atoms with van der Waals surface area (Å²) in [5.74, 6) is -0.990. The lowest BCUT2D eigenvalue weighted by molar-refractivity contribution is -0.253. The van der Waals surface area contributed by atoms with Crippen molar-refractivity contribution in [1.82, 2.24) is 10.2 Å². The van der Waals surface area contributed by atoms with Crippen LogP contribution in [-0.2, 0) is 41.7 Å². The van der Waals surface area contributed by atoms with Crippen molar-refractivity contribution in [1.29, 1.82) is 0 Å². The van der Waals surface area contributed by atoms with Gasteiger partial charge in [0.25, 0.3) is 0 Å². The van der Waals surface area contributed by atoms with Crippen LogP contribution in [0.4, 0.5) is 0 Å². The summed E-state index contributed by atoms with van der Waals surface area (Å²) >= 11 is 0. The first-order chi connectivity index (χ1) is 25.0. The Balaban J connectivity index is 1.26. The molecular formula is C42H54N2O8. The van der Waals surface area contributed by atoms with Gasteiger partial charge in [-0.3, -0.25) is 19.3 Å². The highest BCUT2D eigenvalue weighted by molar-refractivity contribution is 5.77. The van der Waals surface area contributed by atoms with Crippen LogP contribution in [0.15, 0.2) is 72.8 Å². The average molecular weight is 715 g/mol. The first-order valence-electron chi connectivity index (χ1n) is 18.6. The molecule has 10 heteroatoms. The van der Waals surface area contributed by atoms with E-state index in [1.165, 1.54) is 0 Å². The third-order valence-electron chi connectivity index (χ3n) is 9.63. The quantitative estimate of drug-likeness (QED) is 0.104. The molecule has 10 nitrogen and oxygen atoms in total. The van der Waals surface area contributed by atoms with Gasteiger partial charge in [0, 0.05) is 37.9 Å². The Morgan fingerprint density at radius 3 is 2.27 bits per heavy atom. The lowest BCUT2D eigenvalue weighted by atomic mass is 9.97. The van der Waals surface area contributed by atoms with Crippen LogP contribution in [0.5, 0.6) is 0 Å². The summed E-state index contributed by atoms with van der Waals surface area (Å²) < 4.78 is 19.0. The first-order valence-corrected chi connectivity index (χ1v) is 18.6. The zero-order valence-electron chi connectivity index (χ0n) is 30.7. The van der Waals surface area contributed by atoms with E-state index in [9.17, 15) is 19.5 Å². The summed E-state index contributed by atoms with van der Waals surface area (Å²) in [7, 11) is 0. The number of carbonyl (C=O) groups is 3. The number of nitrogens with zero attached hydrogens (tertiary/aromatic N) is 1. The molecule has 0 saturated carbocycles. The largest absolute Gasteiger partial charge is 0.481 e. The number of aliphatic carboxylic acids is 1. The Kier molecular flexibility index (Phi) is 14.0. The second-order valence-corrected chi connectivity index (χ2v) is 14.9. The lowest BCUT2D eigenvalue weighted by Crippen LogP contribution is -2.45. The molecule has 3 N–H and O–H groups in total. The van der Waals surface area contributed by atoms with Crippen LogP contribution in [0.2, 0.25) is 0 Å². The fourth-order valence-corrected chi connectivity index (χ4v) is 6.95. The second kappa shape index (κ2) is 18.6. The van der Waals surface area contributed by atoms with E-state index in [1.54, 1.807) is 0 Å². The average Bonchev–Trinajstić information content (AvgIpc) is 3.60. The molecule has 2 aliphatic heterocycles. The van der Waals surface area contributed by atoms with E-state index >= 15 is 0 Å². The summed E-state index contributed by atoms with van der Waals surface area (Å²) in [6.07, 6.45) is 4.83. The molecule has 2 heterocycles. The zero-order valence-corrected chi connectivity index (χ0v) is 30.7. The molecule has 0 aliphatic carbocycles. The number of benzene rings is 3. The molecule has 1 amide bonds. The SMILES string of the molecule is CC(C)(C)OC(=O)[C@@H]1CCCN1C[C@@H]1C[C@H](c2ccc(CO)cc2)O[C@H](c2ccc(-c3ccccc3CNC(=O)CCCCCCC(=O)O)cc2)O1. The maximum atomic E-state index is 13.1. The lowest BCUT2D eigenvalue weighted by Gasteiger charge is -2.38. The molecule has 0 bridgehead atoms. The highest BCUT2D eigenvalue weighted by Gasteiger charge is 2.39. The normalized spacial score (nSPS) is 20.8. The van der Waals surface area contributed by atoms with Crippen LogP contribution in [0, 0.1) is 0 Å². The van der Waals surface area contributed by atoms with E-state index in [1.807, 2.05) is 93.6 Å². The number of nitrogens with one attached hydrogen (secondary N) is 1. The van der Waals surface area contributed by atoms with E-state index in [0.29, 0.717) is 32.4 Å². The minimum absolute atomic E-state index is 0.0172. The van der Waals surface area contributed by atoms with Gasteiger partial charge in [-0.2, -0.15) is 0 Å². The number of hydrogen-bond acceptors (Lipinski definition) is 8. The number of ether oxygens (including phenoxy) is 3. The number of aliphatic hydroxyl groups excluding tert-OH is 1. The molecule has 2 aliphatic rings. The second-order valence-electron chi connectivity index (χ2n) is 14.9. The Morgan fingerprint density at radius 2 is 1.58 bits per heavy atom. The van der Waals surface area contributed by atoms with E-state index in [4.69, 9.17) is 19.3 Å². The molecule has 3 aromatic rings. The van der Waals surface area contributed by atoms with Crippen molar-refractivity contribution in [2.75, 3.05) is 13.1 Å². The first kappa shape index (κ1) is 39.1. The molecule has 5 rings (SSSR count). The van der Waals surface area contributed by atoms with Crippen LogP contribution >= 0.6 is 0 Å². The minimum Gasteiger partial charge on any atom is -0.481 e. The van der Waals surface area contributed by atoms with Gasteiger partial charge in [0.2, 0.25) is 5.91 Å². The fraction of sp³-hybridized carbons (Fsp3) is 0.500. The van der Waals surface area contributed by atoms with Crippen molar-refractivity contribution < 1.29 is 38.8 Å². The summed E-state index contributed by atoms with van der Waals surface area (Å²) in [5, 5.41) is 21.4. The number of carbonyl (C=O) groups excluding carboxylic acids is 2. The van der Waals surface area contributed by atoms with Gasteiger partial charge in [-0.1, -0.05) is 85.6 Å². The van der Waals surface area contributed by atoms with Gasteiger partial charge in [-0.25, -0.2) is 0 Å². The van der Waals surface area contributed by atoms with E-state index in [2.05, 4.69) is 10.2 Å². The monoisotopic (exact) mass is 714 g/mol. The summed E-state index contributed by atoms with van der Waals surface area (Å²) in [6.45, 7) is 7.44. The molecule has 0 spiro atoms. The van der Waals surface area contributed by atoms with E-state index in [-0.39, 0.29) is 43.2 Å². The number of aliphatic hydroxyl groups is 1. The number of likely N-dealkylation sites (tertiary alicyclic amines) is 1. The molecule has 0 unspecified atom stereocenters. The number of amides is 1. The van der Waals surface area contributed by atoms with Crippen LogP contribution < -0.4 is 5.32 Å². The Hall–Kier alpha value is -4.09. The molecule has 0 aromatic heterocycles. The van der Waals surface area contributed by atoms with Crippen LogP contribution in [0.3, 0.4) is 0 Å². The molecule has 2 fully saturated rings. The van der Waals surface area contributed by atoms with Crippen LogP contribution in [0.1, 0.15) is 113 Å². The number of hydrogen-bond donors (Lipinski definition) is 3. The van der Waals surface area contributed by atoms with Gasteiger partial charge >= 0.3 is 11.9 Å². The third-order valence-corrected chi connectivity index (χ3v) is 9.63. The van der Waals surface area contributed by atoms with Crippen molar-refractivity contribution in [3.63, 3.8) is 0 Å². The highest BCUT2D eigenvalue weighted by atomic mass is 16.7. The topological polar surface area (TPSA) is 135 Å². The smallest absolute Gasteiger partial charge is 0.323 e. The molecule has 52 heavy (non-hydrogen) atoms. The van der Waals surface area contributed by atoms with Crippen molar-refractivity contribution >= 4 is 17.8 Å². The molecule has 0 radical (unpaired) electrons. The van der Waals surface area contributed by atoms with Crippen LogP contribution in [0.25, 0.3) is 11.1 Å². The van der Waals surface area contributed by atoms with E-state index in [0.717, 1.165) is 72.0 Å². The summed E-state index contributed by atoms with van der Waals surface area (Å²) in [6, 6.07) is 23.7. The van der Waals surface area contributed by atoms with Crippen molar-refractivity contribution in [2.24, 2.45) is 0 Å². The number of esters is 1. The van der Waals surface area contributed by atoms with E-state index < -0.39 is 17.9 Å². The standard InChI is InChI=1S/C42H54N2O8/c1-42(2,3)52-40(49)36-13-10-24-44(36)27-34-25-37(31-18-16-29(28-45)17-19-31)51-41(50-34)32-22-20-30(21-23-32)35-12-9-8-11-33(35)26-43-38(46)14-6-4-5-7-15-39(47)48/h8-9,11-12,16-23,34,36-37,41,45H,4-7,10,13-15,24-28H2,1-3H3,(H,43,46)(H,47,48)/t34-,36-,37+,41+/m0/s1. The van der Waals surface area contributed by atoms with Gasteiger partial charge in [-0.05, 0) is 80.8 Å². The predicted molar refractivity (Wildman–Crippen MR) is 198 cm³/mol. The fourth-order valence-electron chi connectivity index (χ4n) is 6.95. The number of carboxylic acid groups (broad SMARTS) is 1. The zero-order chi connectivity index (χ0) is 37.1. The van der Waals surface area contributed by atoms with Gasteiger partial charge < -0.3 is 29.7 Å². The Labute approximate surface area is 307 Å². The van der Waals surface area contributed by atoms with Crippen molar-refractivity contribution in [3.8, 4) is 11.1 Å². The minimum atomic E-state index is -0.783. The van der Waals surface area contributed by atoms with Gasteiger partial charge in [0.05, 0.1) is 18.8 Å². The van der Waals surface area contributed by atoms with Gasteiger partial charge in [0.1, 0.15) is 11.6 Å². The Bertz CT molecular complexity index is 1620. The van der Waals surface area contributed by atoms with Crippen molar-refractivity contribution in [3.05, 3.63) is 95.1 Å².